The van der Waals surface area contributed by atoms with Crippen molar-refractivity contribution in [1.82, 2.24) is 45.2 Å². The maximum Gasteiger partial charge on any atom is 0.396 e. The molecule has 86 heavy (non-hydrogen) atoms. The number of hydrogen-bond acceptors (Lipinski definition) is 12. The van der Waals surface area contributed by atoms with Crippen LogP contribution in [0.25, 0.3) is 21.9 Å². The number of primary amides is 1. The number of H-pyrrole nitrogens is 1. The molecule has 9 N–H and O–H groups in total. The van der Waals surface area contributed by atoms with Crippen LogP contribution in [0.4, 0.5) is 5.69 Å². The summed E-state index contributed by atoms with van der Waals surface area (Å²) in [5.74, 6) is -4.64. The van der Waals surface area contributed by atoms with Gasteiger partial charge < -0.3 is 51.2 Å². The Balaban J connectivity index is 0.809. The number of hydrogen-bond donors (Lipinski definition) is 8. The third-order valence-corrected chi connectivity index (χ3v) is 18.1. The highest BCUT2D eigenvalue weighted by molar-refractivity contribution is 7.70. The van der Waals surface area contributed by atoms with Crippen LogP contribution in [-0.4, -0.2) is 137 Å². The van der Waals surface area contributed by atoms with Crippen molar-refractivity contribution in [2.24, 2.45) is 24.6 Å². The zero-order chi connectivity index (χ0) is 61.0. The number of nitrogens with zero attached hydrogens (tertiary/aromatic N) is 5. The number of aryl methyl sites for hydroxylation is 1. The van der Waals surface area contributed by atoms with E-state index in [4.69, 9.17) is 5.73 Å². The maximum atomic E-state index is 15.1. The summed E-state index contributed by atoms with van der Waals surface area (Å²) in [7, 11) is -3.46. The fourth-order valence-electron chi connectivity index (χ4n) is 12.6. The van der Waals surface area contributed by atoms with Crippen LogP contribution in [0.2, 0.25) is 0 Å². The average molecular weight is 1200 g/mol. The Morgan fingerprint density at radius 2 is 1.50 bits per heavy atom. The molecule has 6 aromatic rings. The summed E-state index contributed by atoms with van der Waals surface area (Å²) in [6.07, 6.45) is 4.42. The van der Waals surface area contributed by atoms with Gasteiger partial charge in [-0.2, -0.15) is 0 Å². The van der Waals surface area contributed by atoms with Gasteiger partial charge in [0, 0.05) is 87.2 Å². The van der Waals surface area contributed by atoms with Gasteiger partial charge in [0.25, 0.3) is 11.4 Å². The standard InChI is InChI=1S/C61H70N11O13P/c1-68-50-33-43(18-20-47(50)72(61(68)82)49-22-24-52(74)66-58(49)79)69-28-25-36(26-29-69)9-8-14-53(75)70-30-27-42-17-21-48(71(42)59(80)46(35-70)65-56(77)45-32-41-31-39(15-19-44(41)64-45)60(81)86(83,84)85)57(78)63-34-40(16-23-51(62)73)55(76)67-54(37-10-4-2-5-11-37)38-12-6-3-7-13-38/h2-7,10-13,15,18-20,31-33,36,40,42,46,48-49,54,64H,8-9,14,16-17,21-30,34-35H2,1H3,(H2,62,73)(H,63,78)(H,65,77)(H,67,76)(H,66,74,79)(H2,83,84,85)/t40?,42-,46+,48+,49?/m1/s1. The van der Waals surface area contributed by atoms with Gasteiger partial charge in [-0.05, 0) is 117 Å². The molecule has 4 aliphatic heterocycles. The second-order valence-corrected chi connectivity index (χ2v) is 24.4. The number of aromatic amines is 1. The first-order valence-corrected chi connectivity index (χ1v) is 30.7. The van der Waals surface area contributed by atoms with Gasteiger partial charge in [0.2, 0.25) is 41.4 Å². The number of fused-ring (bicyclic) bond motifs is 3. The number of rotatable bonds is 20. The molecule has 4 aromatic carbocycles. The van der Waals surface area contributed by atoms with Gasteiger partial charge in [-0.25, -0.2) is 4.79 Å². The van der Waals surface area contributed by atoms with E-state index < -0.39 is 84.7 Å². The highest BCUT2D eigenvalue weighted by atomic mass is 31.2. The van der Waals surface area contributed by atoms with Crippen LogP contribution >= 0.6 is 7.60 Å². The van der Waals surface area contributed by atoms with Crippen molar-refractivity contribution in [3.63, 3.8) is 0 Å². The molecule has 2 aromatic heterocycles. The van der Waals surface area contributed by atoms with Crippen LogP contribution < -0.4 is 37.6 Å². The van der Waals surface area contributed by atoms with Gasteiger partial charge in [0.1, 0.15) is 23.8 Å². The van der Waals surface area contributed by atoms with E-state index in [-0.39, 0.29) is 92.3 Å². The van der Waals surface area contributed by atoms with Crippen LogP contribution in [-0.2, 0) is 45.2 Å². The molecule has 5 atom stereocenters. The van der Waals surface area contributed by atoms with Crippen LogP contribution in [0.1, 0.15) is 121 Å². The van der Waals surface area contributed by atoms with Gasteiger partial charge in [-0.1, -0.05) is 60.7 Å². The van der Waals surface area contributed by atoms with E-state index in [1.807, 2.05) is 78.9 Å². The van der Waals surface area contributed by atoms with E-state index in [1.165, 1.54) is 38.3 Å². The van der Waals surface area contributed by atoms with E-state index in [2.05, 4.69) is 31.2 Å². The Hall–Kier alpha value is -8.73. The molecule has 6 heterocycles. The Morgan fingerprint density at radius 3 is 2.17 bits per heavy atom. The number of piperidine rings is 2. The number of imidazole rings is 1. The van der Waals surface area contributed by atoms with Crippen molar-refractivity contribution >= 4 is 88.0 Å². The second-order valence-electron chi connectivity index (χ2n) is 22.9. The zero-order valence-electron chi connectivity index (χ0n) is 47.5. The summed E-state index contributed by atoms with van der Waals surface area (Å²) >= 11 is 0. The maximum absolute atomic E-state index is 15.1. The van der Waals surface area contributed by atoms with Gasteiger partial charge in [0.05, 0.1) is 23.0 Å². The molecule has 0 spiro atoms. The summed E-state index contributed by atoms with van der Waals surface area (Å²) in [6, 6.07) is 25.4. The molecule has 452 valence electrons. The van der Waals surface area contributed by atoms with E-state index >= 15 is 4.79 Å². The Labute approximate surface area is 494 Å². The molecule has 8 amide bonds. The first-order valence-electron chi connectivity index (χ1n) is 29.1. The van der Waals surface area contributed by atoms with Gasteiger partial charge >= 0.3 is 13.3 Å². The van der Waals surface area contributed by atoms with E-state index in [9.17, 15) is 57.5 Å². The summed E-state index contributed by atoms with van der Waals surface area (Å²) in [5.41, 5.74) is 7.68. The lowest BCUT2D eigenvalue weighted by Gasteiger charge is -2.39. The highest BCUT2D eigenvalue weighted by Gasteiger charge is 2.46. The zero-order valence-corrected chi connectivity index (χ0v) is 48.4. The van der Waals surface area contributed by atoms with E-state index in [1.54, 1.807) is 11.9 Å². The monoisotopic (exact) mass is 1200 g/mol. The Bertz CT molecular complexity index is 3680. The van der Waals surface area contributed by atoms with Crippen LogP contribution in [0.15, 0.2) is 108 Å². The third-order valence-electron chi connectivity index (χ3n) is 17.3. The fourth-order valence-corrected chi connectivity index (χ4v) is 13.1. The fraction of sp³-hybridized carbons (Fsp3) is 0.410. The van der Waals surface area contributed by atoms with Crippen molar-refractivity contribution in [1.29, 1.82) is 0 Å². The Morgan fingerprint density at radius 1 is 0.791 bits per heavy atom. The number of nitrogens with two attached hydrogens (primary N) is 1. The van der Waals surface area contributed by atoms with E-state index in [0.717, 1.165) is 49.2 Å². The smallest absolute Gasteiger partial charge is 0.371 e. The molecule has 0 bridgehead atoms. The third kappa shape index (κ3) is 13.4. The molecule has 4 fully saturated rings. The molecule has 24 nitrogen and oxygen atoms in total. The number of carbonyl (C=O) groups excluding carboxylic acids is 9. The quantitative estimate of drug-likeness (QED) is 0.0398. The number of imide groups is 1. The molecule has 4 saturated heterocycles. The SMILES string of the molecule is Cn1c(=O)n(C2CCC(=O)NC2=O)c2ccc(N3CCC(CCCC(=O)N4CC[C@H]5CC[C@@H](C(=O)NCC(CCC(N)=O)C(=O)NC(c6ccccc6)c6ccccc6)N5C(=O)[C@@H](NC(=O)c5cc6cc(C(=O)P(=O)(O)O)ccc6[nH]5)C4)CC3)cc21. The number of anilines is 1. The first-order chi connectivity index (χ1) is 41.2. The summed E-state index contributed by atoms with van der Waals surface area (Å²) in [4.78, 5) is 162. The minimum Gasteiger partial charge on any atom is -0.371 e. The van der Waals surface area contributed by atoms with Crippen molar-refractivity contribution in [3.05, 3.63) is 136 Å². The topological polar surface area (TPSA) is 338 Å². The normalized spacial score (nSPS) is 19.9. The van der Waals surface area contributed by atoms with Crippen molar-refractivity contribution in [3.8, 4) is 0 Å². The van der Waals surface area contributed by atoms with Crippen LogP contribution in [0.5, 0.6) is 0 Å². The molecule has 4 aliphatic rings. The molecule has 10 rings (SSSR count). The van der Waals surface area contributed by atoms with Crippen molar-refractivity contribution in [2.45, 2.75) is 107 Å². The molecular weight excluding hydrogens is 1130 g/mol. The number of aromatic nitrogens is 3. The summed E-state index contributed by atoms with van der Waals surface area (Å²) in [6.45, 7) is 1.26. The lowest BCUT2D eigenvalue weighted by atomic mass is 9.91. The number of carbonyl (C=O) groups is 9. The van der Waals surface area contributed by atoms with Crippen LogP contribution in [0, 0.1) is 11.8 Å². The minimum atomic E-state index is -5.12. The van der Waals surface area contributed by atoms with Crippen molar-refractivity contribution in [2.75, 3.05) is 37.6 Å². The summed E-state index contributed by atoms with van der Waals surface area (Å²) < 4.78 is 14.8. The van der Waals surface area contributed by atoms with Gasteiger partial charge in [-0.3, -0.25) is 62.2 Å². The lowest BCUT2D eigenvalue weighted by molar-refractivity contribution is -0.145. The number of amides is 8. The molecule has 25 heteroatoms. The minimum absolute atomic E-state index is 0.0237. The Kier molecular flexibility index (Phi) is 18.2. The average Bonchev–Trinajstić information content (AvgIpc) is 2.38. The van der Waals surface area contributed by atoms with Crippen LogP contribution in [0.3, 0.4) is 0 Å². The van der Waals surface area contributed by atoms with Gasteiger partial charge in [0.15, 0.2) is 0 Å². The highest BCUT2D eigenvalue weighted by Crippen LogP contribution is 2.40. The second kappa shape index (κ2) is 25.9. The number of nitrogens with one attached hydrogen (secondary N) is 5. The number of benzene rings is 4. The molecule has 0 aliphatic carbocycles. The lowest BCUT2D eigenvalue weighted by Crippen LogP contribution is -2.61. The van der Waals surface area contributed by atoms with Crippen molar-refractivity contribution < 1.29 is 57.5 Å². The van der Waals surface area contributed by atoms with Gasteiger partial charge in [-0.15, -0.1) is 0 Å². The predicted molar refractivity (Wildman–Crippen MR) is 316 cm³/mol. The molecule has 0 radical (unpaired) electrons. The molecule has 0 saturated carbocycles. The van der Waals surface area contributed by atoms with E-state index in [0.29, 0.717) is 41.7 Å². The molecular formula is C61H70N11O13P. The largest absolute Gasteiger partial charge is 0.396 e. The summed E-state index contributed by atoms with van der Waals surface area (Å²) in [5, 5.41) is 11.4. The first kappa shape index (κ1) is 60.4. The predicted octanol–water partition coefficient (Wildman–Crippen LogP) is 3.80. The molecule has 2 unspecified atom stereocenters.